The lowest BCUT2D eigenvalue weighted by molar-refractivity contribution is 0.132. The van der Waals surface area contributed by atoms with E-state index in [0.717, 1.165) is 6.42 Å². The molecule has 0 aromatic rings. The van der Waals surface area contributed by atoms with Crippen molar-refractivity contribution < 1.29 is 5.11 Å². The van der Waals surface area contributed by atoms with Gasteiger partial charge in [-0.2, -0.15) is 0 Å². The largest absolute Gasteiger partial charge is 0.393 e. The lowest BCUT2D eigenvalue weighted by Crippen LogP contribution is -2.12. The Kier molecular flexibility index (Phi) is 3.01. The molecule has 0 saturated carbocycles. The Morgan fingerprint density at radius 3 is 2.14 bits per heavy atom. The third kappa shape index (κ3) is 2.63. The van der Waals surface area contributed by atoms with E-state index in [0.29, 0.717) is 0 Å². The second-order valence-electron chi connectivity index (χ2n) is 1.95. The van der Waals surface area contributed by atoms with Crippen molar-refractivity contribution in [3.63, 3.8) is 0 Å². The summed E-state index contributed by atoms with van der Waals surface area (Å²) in [7, 11) is 0. The van der Waals surface area contributed by atoms with Gasteiger partial charge >= 0.3 is 0 Å². The summed E-state index contributed by atoms with van der Waals surface area (Å²) in [6.07, 6.45) is 0.602. The molecule has 2 atom stereocenters. The highest BCUT2D eigenvalue weighted by Crippen LogP contribution is 2.02. The first-order chi connectivity index (χ1) is 3.18. The molecule has 0 aromatic carbocycles. The molecule has 0 rings (SSSR count). The highest BCUT2D eigenvalue weighted by Gasteiger charge is 2.03. The van der Waals surface area contributed by atoms with E-state index in [9.17, 15) is 0 Å². The van der Waals surface area contributed by atoms with Crippen LogP contribution in [0.15, 0.2) is 0 Å². The third-order valence-electron chi connectivity index (χ3n) is 1.08. The van der Waals surface area contributed by atoms with Gasteiger partial charge in [0.2, 0.25) is 0 Å². The second-order valence-corrected chi connectivity index (χ2v) is 1.95. The van der Waals surface area contributed by atoms with Gasteiger partial charge in [-0.3, -0.25) is 0 Å². The van der Waals surface area contributed by atoms with Crippen LogP contribution >= 0.6 is 0 Å². The predicted octanol–water partition coefficient (Wildman–Crippen LogP) is 1.23. The molecule has 0 aromatic heterocycles. The van der Waals surface area contributed by atoms with E-state index in [1.807, 2.05) is 13.8 Å². The van der Waals surface area contributed by atoms with E-state index < -0.39 is 0 Å². The molecule has 0 fully saturated rings. The van der Waals surface area contributed by atoms with E-state index >= 15 is 0 Å². The predicted molar refractivity (Wildman–Crippen MR) is 30.8 cm³/mol. The van der Waals surface area contributed by atoms with Crippen LogP contribution in [0.4, 0.5) is 0 Å². The van der Waals surface area contributed by atoms with Gasteiger partial charge in [-0.25, -0.2) is 0 Å². The van der Waals surface area contributed by atoms with Crippen LogP contribution in [0.1, 0.15) is 20.3 Å². The van der Waals surface area contributed by atoms with Gasteiger partial charge in [0.15, 0.2) is 0 Å². The topological polar surface area (TPSA) is 20.2 Å². The average Bonchev–Trinajstić information content (AvgIpc) is 1.65. The summed E-state index contributed by atoms with van der Waals surface area (Å²) in [4.78, 5) is 0. The molecule has 0 aliphatic heterocycles. The Hall–Kier alpha value is -0.0400. The fourth-order valence-corrected chi connectivity index (χ4v) is 0.402. The van der Waals surface area contributed by atoms with Gasteiger partial charge in [-0.05, 0) is 19.3 Å². The highest BCUT2D eigenvalue weighted by molar-refractivity contribution is 4.62. The number of hydrogen-bond donors (Lipinski definition) is 1. The number of rotatable bonds is 2. The normalized spacial score (nSPS) is 15.0. The zero-order chi connectivity index (χ0) is 5.86. The van der Waals surface area contributed by atoms with Gasteiger partial charge < -0.3 is 5.11 Å². The van der Waals surface area contributed by atoms with Crippen molar-refractivity contribution in [1.29, 1.82) is 0 Å². The maximum absolute atomic E-state index is 8.87. The minimum absolute atomic E-state index is 0.171. The first kappa shape index (κ1) is 6.96. The Morgan fingerprint density at radius 1 is 1.71 bits per heavy atom. The molecule has 0 amide bonds. The Morgan fingerprint density at radius 2 is 2.14 bits per heavy atom. The highest BCUT2D eigenvalue weighted by atomic mass is 16.3. The van der Waals surface area contributed by atoms with Crippen molar-refractivity contribution in [1.82, 2.24) is 0 Å². The van der Waals surface area contributed by atoms with Gasteiger partial charge in [-0.1, -0.05) is 13.8 Å². The number of aliphatic hydroxyl groups is 1. The Labute approximate surface area is 45.4 Å². The molecular formula is C6H13O. The van der Waals surface area contributed by atoms with Crippen molar-refractivity contribution in [2.24, 2.45) is 5.92 Å². The van der Waals surface area contributed by atoms with E-state index in [2.05, 4.69) is 6.92 Å². The maximum Gasteiger partial charge on any atom is 0.0563 e. The van der Waals surface area contributed by atoms with E-state index in [1.165, 1.54) is 0 Å². The van der Waals surface area contributed by atoms with E-state index in [1.54, 1.807) is 0 Å². The molecule has 43 valence electrons. The van der Waals surface area contributed by atoms with E-state index in [-0.39, 0.29) is 12.0 Å². The molecule has 1 N–H and O–H groups in total. The molecule has 0 spiro atoms. The van der Waals surface area contributed by atoms with Gasteiger partial charge in [0.25, 0.3) is 0 Å². The summed E-state index contributed by atoms with van der Waals surface area (Å²) < 4.78 is 0. The molecule has 0 aliphatic rings. The van der Waals surface area contributed by atoms with Crippen molar-refractivity contribution in [2.45, 2.75) is 26.4 Å². The number of hydrogen-bond acceptors (Lipinski definition) is 1. The quantitative estimate of drug-likeness (QED) is 0.554. The molecule has 1 unspecified atom stereocenters. The van der Waals surface area contributed by atoms with Crippen molar-refractivity contribution in [3.05, 3.63) is 6.92 Å². The average molecular weight is 101 g/mol. The summed E-state index contributed by atoms with van der Waals surface area (Å²) >= 11 is 0. The van der Waals surface area contributed by atoms with Crippen LogP contribution in [0.25, 0.3) is 0 Å². The minimum atomic E-state index is -0.208. The first-order valence-electron chi connectivity index (χ1n) is 2.69. The molecule has 0 heterocycles. The fraction of sp³-hybridized carbons (Fsp3) is 0.833. The third-order valence-corrected chi connectivity index (χ3v) is 1.08. The molecule has 0 bridgehead atoms. The summed E-state index contributed by atoms with van der Waals surface area (Å²) in [5, 5.41) is 8.87. The van der Waals surface area contributed by atoms with Gasteiger partial charge in [0.1, 0.15) is 0 Å². The molecule has 1 radical (unpaired) electrons. The zero-order valence-corrected chi connectivity index (χ0v) is 5.02. The summed E-state index contributed by atoms with van der Waals surface area (Å²) in [6, 6.07) is 0. The van der Waals surface area contributed by atoms with Gasteiger partial charge in [0, 0.05) is 0 Å². The van der Waals surface area contributed by atoms with Crippen molar-refractivity contribution in [2.75, 3.05) is 0 Å². The van der Waals surface area contributed by atoms with Crippen LogP contribution in [0.5, 0.6) is 0 Å². The summed E-state index contributed by atoms with van der Waals surface area (Å²) in [5.41, 5.74) is 0. The van der Waals surface area contributed by atoms with Crippen LogP contribution in [-0.4, -0.2) is 11.2 Å². The monoisotopic (exact) mass is 101 g/mol. The van der Waals surface area contributed by atoms with E-state index in [4.69, 9.17) is 5.11 Å². The van der Waals surface area contributed by atoms with Crippen molar-refractivity contribution >= 4 is 0 Å². The summed E-state index contributed by atoms with van der Waals surface area (Å²) in [5.74, 6) is 0.171. The lowest BCUT2D eigenvalue weighted by Gasteiger charge is -2.09. The van der Waals surface area contributed by atoms with Crippen LogP contribution in [0.3, 0.4) is 0 Å². The van der Waals surface area contributed by atoms with Gasteiger partial charge in [-0.15, -0.1) is 0 Å². The van der Waals surface area contributed by atoms with Crippen molar-refractivity contribution in [3.8, 4) is 0 Å². The standard InChI is InChI=1S/C6H13O/c1-4-6(7)5(2)3/h5-7H,2,4H2,1,3H3/t5-,6?/m1/s1. The summed E-state index contributed by atoms with van der Waals surface area (Å²) in [6.45, 7) is 7.52. The molecule has 7 heavy (non-hydrogen) atoms. The molecule has 1 heteroatoms. The molecule has 1 nitrogen and oxygen atoms in total. The number of aliphatic hydroxyl groups excluding tert-OH is 1. The Balaban J connectivity index is 3.14. The molecule has 0 aliphatic carbocycles. The molecule has 0 saturated heterocycles. The van der Waals surface area contributed by atoms with Crippen LogP contribution in [0.2, 0.25) is 0 Å². The zero-order valence-electron chi connectivity index (χ0n) is 5.02. The van der Waals surface area contributed by atoms with Crippen LogP contribution in [-0.2, 0) is 0 Å². The smallest absolute Gasteiger partial charge is 0.0563 e. The SMILES string of the molecule is [CH2][C@H](C)C(O)CC. The van der Waals surface area contributed by atoms with Crippen LogP contribution < -0.4 is 0 Å². The lowest BCUT2D eigenvalue weighted by atomic mass is 10.1. The Bertz CT molecular complexity index is 41.4. The fourth-order valence-electron chi connectivity index (χ4n) is 0.402. The van der Waals surface area contributed by atoms with Gasteiger partial charge in [0.05, 0.1) is 6.10 Å². The minimum Gasteiger partial charge on any atom is -0.393 e. The van der Waals surface area contributed by atoms with Crippen LogP contribution in [0, 0.1) is 12.8 Å². The first-order valence-corrected chi connectivity index (χ1v) is 2.69. The maximum atomic E-state index is 8.87. The second kappa shape index (κ2) is 3.03. The molecular weight excluding hydrogens is 88.1 g/mol.